The summed E-state index contributed by atoms with van der Waals surface area (Å²) in [5.74, 6) is -0.368. The van der Waals surface area contributed by atoms with Crippen molar-refractivity contribution in [2.45, 2.75) is 6.92 Å². The van der Waals surface area contributed by atoms with Crippen LogP contribution in [0.1, 0.15) is 5.56 Å². The Hall–Kier alpha value is -1.20. The van der Waals surface area contributed by atoms with Gasteiger partial charge in [-0.25, -0.2) is 0 Å². The molecule has 0 saturated carbocycles. The van der Waals surface area contributed by atoms with Crippen molar-refractivity contribution in [3.63, 3.8) is 0 Å². The van der Waals surface area contributed by atoms with Crippen molar-refractivity contribution in [2.24, 2.45) is 0 Å². The van der Waals surface area contributed by atoms with Gasteiger partial charge in [-0.1, -0.05) is 12.1 Å². The Morgan fingerprint density at radius 2 is 2.29 bits per heavy atom. The molecule has 0 unspecified atom stereocenters. The second kappa shape index (κ2) is 6.28. The molecule has 0 aromatic carbocycles. The summed E-state index contributed by atoms with van der Waals surface area (Å²) < 4.78 is 27.3. The van der Waals surface area contributed by atoms with E-state index < -0.39 is 10.1 Å². The van der Waals surface area contributed by atoms with Crippen LogP contribution in [0.4, 0.5) is 0 Å². The first kappa shape index (κ1) is 12.8. The molecule has 0 bridgehead atoms. The van der Waals surface area contributed by atoms with E-state index in [-0.39, 0.29) is 5.75 Å². The van der Waals surface area contributed by atoms with E-state index in [1.165, 1.54) is 5.56 Å². The minimum Gasteiger partial charge on any atom is -0.285 e. The number of hydrogen-bond donors (Lipinski definition) is 1. The lowest BCUT2D eigenvalue weighted by Gasteiger charge is -1.82. The van der Waals surface area contributed by atoms with Crippen LogP contribution in [0.5, 0.6) is 0 Å². The van der Waals surface area contributed by atoms with Gasteiger partial charge in [0, 0.05) is 12.4 Å². The summed E-state index contributed by atoms with van der Waals surface area (Å²) in [6.07, 6.45) is 4.72. The number of aryl methyl sites for hydroxylation is 1. The maximum atomic E-state index is 9.72. The summed E-state index contributed by atoms with van der Waals surface area (Å²) in [5.41, 5.74) is 1.21. The molecule has 0 aliphatic rings. The molecule has 78 valence electrons. The molecule has 1 N–H and O–H groups in total. The van der Waals surface area contributed by atoms with Gasteiger partial charge in [-0.15, -0.1) is 6.58 Å². The van der Waals surface area contributed by atoms with Gasteiger partial charge in [-0.2, -0.15) is 8.42 Å². The fraction of sp³-hybridized carbons (Fsp3) is 0.222. The molecule has 14 heavy (non-hydrogen) atoms. The SMILES string of the molecule is C=CCS(=O)(=O)O.Cc1cccnc1. The zero-order valence-electron chi connectivity index (χ0n) is 7.92. The molecule has 5 heteroatoms. The van der Waals surface area contributed by atoms with Crippen molar-refractivity contribution in [3.05, 3.63) is 42.7 Å². The fourth-order valence-electron chi connectivity index (χ4n) is 0.597. The maximum Gasteiger partial charge on any atom is 0.268 e. The van der Waals surface area contributed by atoms with Gasteiger partial charge in [0.05, 0.1) is 5.75 Å². The van der Waals surface area contributed by atoms with Crippen molar-refractivity contribution in [2.75, 3.05) is 5.75 Å². The molecule has 0 spiro atoms. The minimum atomic E-state index is -3.79. The van der Waals surface area contributed by atoms with Crippen LogP contribution < -0.4 is 0 Å². The lowest BCUT2D eigenvalue weighted by Crippen LogP contribution is -1.99. The number of aromatic nitrogens is 1. The summed E-state index contributed by atoms with van der Waals surface area (Å²) in [5, 5.41) is 0. The van der Waals surface area contributed by atoms with Gasteiger partial charge in [-0.3, -0.25) is 9.54 Å². The third-order valence-corrected chi connectivity index (χ3v) is 1.79. The number of hydrogen-bond acceptors (Lipinski definition) is 3. The van der Waals surface area contributed by atoms with Crippen LogP contribution in [-0.4, -0.2) is 23.7 Å². The first-order valence-corrected chi connectivity index (χ1v) is 5.49. The van der Waals surface area contributed by atoms with E-state index in [0.717, 1.165) is 6.08 Å². The zero-order chi connectivity index (χ0) is 11.0. The molecule has 0 atom stereocenters. The second-order valence-corrected chi connectivity index (χ2v) is 4.06. The van der Waals surface area contributed by atoms with E-state index in [4.69, 9.17) is 4.55 Å². The quantitative estimate of drug-likeness (QED) is 0.599. The molecule has 0 aliphatic carbocycles. The van der Waals surface area contributed by atoms with Gasteiger partial charge in [0.2, 0.25) is 0 Å². The molecule has 0 radical (unpaired) electrons. The maximum absolute atomic E-state index is 9.72. The van der Waals surface area contributed by atoms with E-state index >= 15 is 0 Å². The average molecular weight is 215 g/mol. The highest BCUT2D eigenvalue weighted by molar-refractivity contribution is 7.85. The highest BCUT2D eigenvalue weighted by Crippen LogP contribution is 1.88. The summed E-state index contributed by atoms with van der Waals surface area (Å²) >= 11 is 0. The topological polar surface area (TPSA) is 67.3 Å². The van der Waals surface area contributed by atoms with Crippen LogP contribution in [-0.2, 0) is 10.1 Å². The Morgan fingerprint density at radius 3 is 2.43 bits per heavy atom. The Kier molecular flexibility index (Phi) is 5.74. The standard InChI is InChI=1S/C6H7N.C3H6O3S/c1-6-3-2-4-7-5-6;1-2-3-7(4,5)6/h2-5H,1H3;2H,1,3H2,(H,4,5,6). The predicted molar refractivity (Wildman–Crippen MR) is 55.6 cm³/mol. The summed E-state index contributed by atoms with van der Waals surface area (Å²) in [4.78, 5) is 3.88. The molecular weight excluding hydrogens is 202 g/mol. The normalized spacial score (nSPS) is 9.86. The first-order valence-electron chi connectivity index (χ1n) is 3.88. The lowest BCUT2D eigenvalue weighted by molar-refractivity contribution is 0.487. The molecule has 1 heterocycles. The van der Waals surface area contributed by atoms with E-state index in [9.17, 15) is 8.42 Å². The van der Waals surface area contributed by atoms with Gasteiger partial charge in [0.25, 0.3) is 10.1 Å². The Balaban J connectivity index is 0.000000241. The molecule has 4 nitrogen and oxygen atoms in total. The average Bonchev–Trinajstić information content (AvgIpc) is 2.04. The molecule has 1 rings (SSSR count). The van der Waals surface area contributed by atoms with Crippen LogP contribution in [0.2, 0.25) is 0 Å². The Morgan fingerprint density at radius 1 is 1.64 bits per heavy atom. The van der Waals surface area contributed by atoms with Crippen LogP contribution >= 0.6 is 0 Å². The molecule has 0 saturated heterocycles. The van der Waals surface area contributed by atoms with Gasteiger partial charge < -0.3 is 0 Å². The Labute approximate surface area is 84.1 Å². The number of rotatable bonds is 2. The van der Waals surface area contributed by atoms with Gasteiger partial charge >= 0.3 is 0 Å². The van der Waals surface area contributed by atoms with Gasteiger partial charge in [-0.05, 0) is 18.6 Å². The van der Waals surface area contributed by atoms with E-state index in [1.807, 2.05) is 25.3 Å². The summed E-state index contributed by atoms with van der Waals surface area (Å²) in [7, 11) is -3.79. The smallest absolute Gasteiger partial charge is 0.268 e. The molecule has 0 amide bonds. The molecular formula is C9H13NO3S. The van der Waals surface area contributed by atoms with Crippen molar-refractivity contribution in [1.29, 1.82) is 0 Å². The van der Waals surface area contributed by atoms with E-state index in [1.54, 1.807) is 6.20 Å². The van der Waals surface area contributed by atoms with Crippen molar-refractivity contribution in [3.8, 4) is 0 Å². The van der Waals surface area contributed by atoms with Crippen LogP contribution in [0, 0.1) is 6.92 Å². The fourth-order valence-corrected chi connectivity index (χ4v) is 0.895. The zero-order valence-corrected chi connectivity index (χ0v) is 8.74. The molecule has 0 fully saturated rings. The van der Waals surface area contributed by atoms with Crippen molar-refractivity contribution < 1.29 is 13.0 Å². The minimum absolute atomic E-state index is 0.368. The van der Waals surface area contributed by atoms with Crippen molar-refractivity contribution >= 4 is 10.1 Å². The third-order valence-electron chi connectivity index (χ3n) is 1.14. The van der Waals surface area contributed by atoms with Crippen molar-refractivity contribution in [1.82, 2.24) is 4.98 Å². The summed E-state index contributed by atoms with van der Waals surface area (Å²) in [6.45, 7) is 5.13. The highest BCUT2D eigenvalue weighted by Gasteiger charge is 1.95. The molecule has 1 aromatic rings. The third kappa shape index (κ3) is 8.89. The van der Waals surface area contributed by atoms with Crippen LogP contribution in [0.3, 0.4) is 0 Å². The van der Waals surface area contributed by atoms with E-state index in [0.29, 0.717) is 0 Å². The largest absolute Gasteiger partial charge is 0.285 e. The van der Waals surface area contributed by atoms with Crippen LogP contribution in [0.15, 0.2) is 37.2 Å². The summed E-state index contributed by atoms with van der Waals surface area (Å²) in [6, 6.07) is 3.95. The molecule has 1 aromatic heterocycles. The predicted octanol–water partition coefficient (Wildman–Crippen LogP) is 1.45. The first-order chi connectivity index (χ1) is 6.45. The van der Waals surface area contributed by atoms with Gasteiger partial charge in [0.15, 0.2) is 0 Å². The lowest BCUT2D eigenvalue weighted by atomic mass is 10.3. The number of nitrogens with zero attached hydrogens (tertiary/aromatic N) is 1. The highest BCUT2D eigenvalue weighted by atomic mass is 32.2. The van der Waals surface area contributed by atoms with Crippen LogP contribution in [0.25, 0.3) is 0 Å². The monoisotopic (exact) mass is 215 g/mol. The number of pyridine rings is 1. The second-order valence-electron chi connectivity index (χ2n) is 2.57. The van der Waals surface area contributed by atoms with Gasteiger partial charge in [0.1, 0.15) is 0 Å². The van der Waals surface area contributed by atoms with E-state index in [2.05, 4.69) is 11.6 Å². The Bertz CT molecular complexity index is 359. The molecule has 0 aliphatic heterocycles.